The molecular weight excluding hydrogens is 238 g/mol. The number of benzene rings is 1. The van der Waals surface area contributed by atoms with E-state index in [1.165, 1.54) is 0 Å². The van der Waals surface area contributed by atoms with Gasteiger partial charge in [0.25, 0.3) is 0 Å². The van der Waals surface area contributed by atoms with Gasteiger partial charge in [0.05, 0.1) is 0 Å². The first-order valence-corrected chi connectivity index (χ1v) is 6.46. The van der Waals surface area contributed by atoms with Crippen LogP contribution >= 0.6 is 0 Å². The number of carbonyl (C=O) groups excluding carboxylic acids is 1. The third-order valence-electron chi connectivity index (χ3n) is 3.03. The highest BCUT2D eigenvalue weighted by atomic mass is 16.1. The van der Waals surface area contributed by atoms with Gasteiger partial charge < -0.3 is 15.6 Å². The molecule has 19 heavy (non-hydrogen) atoms. The molecule has 1 aromatic carbocycles. The van der Waals surface area contributed by atoms with Gasteiger partial charge in [-0.05, 0) is 30.2 Å². The fraction of sp³-hybridized carbons (Fsp3) is 0.267. The number of aromatic nitrogens is 1. The maximum absolute atomic E-state index is 11.7. The molecule has 0 fully saturated rings. The average molecular weight is 257 g/mol. The lowest BCUT2D eigenvalue weighted by molar-refractivity contribution is -0.121. The van der Waals surface area contributed by atoms with Crippen molar-refractivity contribution in [1.29, 1.82) is 0 Å². The zero-order valence-corrected chi connectivity index (χ0v) is 10.9. The second kappa shape index (κ2) is 6.64. The number of nitrogens with one attached hydrogen (secondary N) is 1. The number of rotatable bonds is 6. The van der Waals surface area contributed by atoms with Crippen molar-refractivity contribution >= 4 is 11.6 Å². The molecule has 0 aliphatic carbocycles. The minimum atomic E-state index is 0.0652. The average Bonchev–Trinajstić information content (AvgIpc) is 2.91. The van der Waals surface area contributed by atoms with Crippen LogP contribution in [-0.4, -0.2) is 17.0 Å². The molecule has 1 amide bonds. The fourth-order valence-corrected chi connectivity index (χ4v) is 1.94. The quantitative estimate of drug-likeness (QED) is 0.775. The molecule has 4 nitrogen and oxygen atoms in total. The highest BCUT2D eigenvalue weighted by Crippen LogP contribution is 2.12. The van der Waals surface area contributed by atoms with Crippen LogP contribution in [0.5, 0.6) is 0 Å². The van der Waals surface area contributed by atoms with E-state index in [2.05, 4.69) is 5.32 Å². The number of amides is 1. The van der Waals surface area contributed by atoms with Crippen molar-refractivity contribution in [3.8, 4) is 0 Å². The number of hydrogen-bond donors (Lipinski definition) is 2. The number of nitrogens with two attached hydrogens (primary N) is 1. The van der Waals surface area contributed by atoms with Gasteiger partial charge in [-0.1, -0.05) is 18.2 Å². The van der Waals surface area contributed by atoms with Crippen LogP contribution in [0.4, 0.5) is 5.69 Å². The van der Waals surface area contributed by atoms with Crippen molar-refractivity contribution in [3.05, 3.63) is 54.4 Å². The van der Waals surface area contributed by atoms with Gasteiger partial charge in [0.1, 0.15) is 0 Å². The normalized spacial score (nSPS) is 10.3. The van der Waals surface area contributed by atoms with Crippen molar-refractivity contribution in [1.82, 2.24) is 9.88 Å². The summed E-state index contributed by atoms with van der Waals surface area (Å²) in [5.74, 6) is 0.0652. The molecule has 0 aliphatic rings. The van der Waals surface area contributed by atoms with E-state index in [-0.39, 0.29) is 5.91 Å². The van der Waals surface area contributed by atoms with E-state index in [0.29, 0.717) is 19.4 Å². The Morgan fingerprint density at radius 3 is 2.63 bits per heavy atom. The van der Waals surface area contributed by atoms with Crippen LogP contribution in [0.15, 0.2) is 48.8 Å². The summed E-state index contributed by atoms with van der Waals surface area (Å²) >= 11 is 0. The van der Waals surface area contributed by atoms with Crippen molar-refractivity contribution in [3.63, 3.8) is 0 Å². The van der Waals surface area contributed by atoms with Gasteiger partial charge in [0.2, 0.25) is 5.91 Å². The van der Waals surface area contributed by atoms with Crippen LogP contribution in [0.25, 0.3) is 0 Å². The highest BCUT2D eigenvalue weighted by Gasteiger charge is 2.03. The summed E-state index contributed by atoms with van der Waals surface area (Å²) in [7, 11) is 0. The predicted molar refractivity (Wildman–Crippen MR) is 76.6 cm³/mol. The summed E-state index contributed by atoms with van der Waals surface area (Å²) in [5.41, 5.74) is 7.62. The van der Waals surface area contributed by atoms with Crippen molar-refractivity contribution in [2.45, 2.75) is 19.4 Å². The van der Waals surface area contributed by atoms with Crippen LogP contribution < -0.4 is 11.1 Å². The Morgan fingerprint density at radius 2 is 1.89 bits per heavy atom. The summed E-state index contributed by atoms with van der Waals surface area (Å²) in [6, 6.07) is 11.6. The smallest absolute Gasteiger partial charge is 0.220 e. The molecular formula is C15H19N3O. The van der Waals surface area contributed by atoms with E-state index in [1.54, 1.807) is 0 Å². The van der Waals surface area contributed by atoms with Crippen LogP contribution in [-0.2, 0) is 17.8 Å². The van der Waals surface area contributed by atoms with Gasteiger partial charge in [0, 0.05) is 37.6 Å². The SMILES string of the molecule is Nc1ccccc1CCC(=O)NCCn1cccc1. The first-order chi connectivity index (χ1) is 9.25. The van der Waals surface area contributed by atoms with Crippen LogP contribution in [0.2, 0.25) is 0 Å². The number of para-hydroxylation sites is 1. The van der Waals surface area contributed by atoms with Gasteiger partial charge in [-0.15, -0.1) is 0 Å². The first-order valence-electron chi connectivity index (χ1n) is 6.46. The maximum atomic E-state index is 11.7. The van der Waals surface area contributed by atoms with Crippen molar-refractivity contribution < 1.29 is 4.79 Å². The van der Waals surface area contributed by atoms with E-state index in [1.807, 2.05) is 53.4 Å². The zero-order valence-electron chi connectivity index (χ0n) is 10.9. The van der Waals surface area contributed by atoms with Crippen LogP contribution in [0.3, 0.4) is 0 Å². The van der Waals surface area contributed by atoms with Gasteiger partial charge >= 0.3 is 0 Å². The minimum Gasteiger partial charge on any atom is -0.399 e. The second-order valence-corrected chi connectivity index (χ2v) is 4.47. The van der Waals surface area contributed by atoms with E-state index >= 15 is 0 Å². The standard InChI is InChI=1S/C15H19N3O/c16-14-6-2-1-5-13(14)7-8-15(19)17-9-12-18-10-3-4-11-18/h1-6,10-11H,7-9,12,16H2,(H,17,19). The number of carbonyl (C=O) groups is 1. The lowest BCUT2D eigenvalue weighted by Gasteiger charge is -2.07. The Hall–Kier alpha value is -2.23. The molecule has 1 heterocycles. The molecule has 0 radical (unpaired) electrons. The predicted octanol–water partition coefficient (Wildman–Crippen LogP) is 1.82. The van der Waals surface area contributed by atoms with E-state index in [0.717, 1.165) is 17.8 Å². The third kappa shape index (κ3) is 4.17. The van der Waals surface area contributed by atoms with Gasteiger partial charge in [0.15, 0.2) is 0 Å². The highest BCUT2D eigenvalue weighted by molar-refractivity contribution is 5.76. The number of anilines is 1. The molecule has 0 spiro atoms. The Kier molecular flexibility index (Phi) is 4.61. The second-order valence-electron chi connectivity index (χ2n) is 4.47. The molecule has 0 unspecified atom stereocenters. The Balaban J connectivity index is 1.69. The molecule has 1 aromatic heterocycles. The van der Waals surface area contributed by atoms with Crippen molar-refractivity contribution in [2.75, 3.05) is 12.3 Å². The molecule has 0 saturated heterocycles. The molecule has 0 bridgehead atoms. The van der Waals surface area contributed by atoms with Gasteiger partial charge in [-0.2, -0.15) is 0 Å². The topological polar surface area (TPSA) is 60.1 Å². The van der Waals surface area contributed by atoms with E-state index < -0.39 is 0 Å². The monoisotopic (exact) mass is 257 g/mol. The summed E-state index contributed by atoms with van der Waals surface area (Å²) in [4.78, 5) is 11.7. The molecule has 2 aromatic rings. The molecule has 0 aliphatic heterocycles. The fourth-order valence-electron chi connectivity index (χ4n) is 1.94. The first kappa shape index (κ1) is 13.2. The summed E-state index contributed by atoms with van der Waals surface area (Å²) in [6.07, 6.45) is 5.12. The molecule has 0 saturated carbocycles. The minimum absolute atomic E-state index is 0.0652. The number of hydrogen-bond acceptors (Lipinski definition) is 2. The maximum Gasteiger partial charge on any atom is 0.220 e. The van der Waals surface area contributed by atoms with Gasteiger partial charge in [-0.25, -0.2) is 0 Å². The Morgan fingerprint density at radius 1 is 1.16 bits per heavy atom. The lowest BCUT2D eigenvalue weighted by Crippen LogP contribution is -2.27. The molecule has 4 heteroatoms. The number of nitrogens with zero attached hydrogens (tertiary/aromatic N) is 1. The Bertz CT molecular complexity index is 520. The third-order valence-corrected chi connectivity index (χ3v) is 3.03. The Labute approximate surface area is 113 Å². The van der Waals surface area contributed by atoms with E-state index in [4.69, 9.17) is 5.73 Å². The number of aryl methyl sites for hydroxylation is 1. The van der Waals surface area contributed by atoms with Gasteiger partial charge in [-0.3, -0.25) is 4.79 Å². The molecule has 2 rings (SSSR count). The van der Waals surface area contributed by atoms with Crippen LogP contribution in [0.1, 0.15) is 12.0 Å². The summed E-state index contributed by atoms with van der Waals surface area (Å²) in [6.45, 7) is 1.45. The molecule has 3 N–H and O–H groups in total. The zero-order chi connectivity index (χ0) is 13.5. The lowest BCUT2D eigenvalue weighted by atomic mass is 10.1. The molecule has 100 valence electrons. The summed E-state index contributed by atoms with van der Waals surface area (Å²) < 4.78 is 2.04. The molecule has 0 atom stereocenters. The van der Waals surface area contributed by atoms with Crippen LogP contribution in [0, 0.1) is 0 Å². The summed E-state index contributed by atoms with van der Waals surface area (Å²) in [5, 5.41) is 2.91. The van der Waals surface area contributed by atoms with E-state index in [9.17, 15) is 4.79 Å². The number of nitrogen functional groups attached to an aromatic ring is 1. The van der Waals surface area contributed by atoms with Crippen molar-refractivity contribution in [2.24, 2.45) is 0 Å². The largest absolute Gasteiger partial charge is 0.399 e.